The van der Waals surface area contributed by atoms with Crippen LogP contribution in [0.5, 0.6) is 0 Å². The molecule has 0 saturated carbocycles. The lowest BCUT2D eigenvalue weighted by atomic mass is 10.1. The number of pyridine rings is 1. The van der Waals surface area contributed by atoms with Gasteiger partial charge in [-0.1, -0.05) is 35.9 Å². The van der Waals surface area contributed by atoms with Gasteiger partial charge in [-0.15, -0.1) is 0 Å². The van der Waals surface area contributed by atoms with Crippen molar-refractivity contribution in [2.24, 2.45) is 0 Å². The minimum atomic E-state index is -0.268. The maximum absolute atomic E-state index is 12.5. The molecule has 26 heavy (non-hydrogen) atoms. The number of aromatic nitrogens is 1. The van der Waals surface area contributed by atoms with E-state index in [9.17, 15) is 9.59 Å². The Kier molecular flexibility index (Phi) is 5.39. The second kappa shape index (κ2) is 8.07. The lowest BCUT2D eigenvalue weighted by Gasteiger charge is -2.11. The van der Waals surface area contributed by atoms with Crippen LogP contribution in [0, 0.1) is 6.92 Å². The van der Waals surface area contributed by atoms with Crippen LogP contribution in [0.3, 0.4) is 0 Å². The van der Waals surface area contributed by atoms with Gasteiger partial charge in [0.1, 0.15) is 0 Å². The zero-order valence-corrected chi connectivity index (χ0v) is 14.4. The topological polar surface area (TPSA) is 71.1 Å². The number of amides is 2. The standard InChI is InChI=1S/C21H19N3O2/c1-15-7-6-8-16(13-15)20(25)24-19-11-3-2-10-18(19)21(26)23-14-17-9-4-5-12-22-17/h2-13H,14H2,1H3,(H,23,26)(H,24,25). The number of para-hydroxylation sites is 1. The highest BCUT2D eigenvalue weighted by molar-refractivity contribution is 6.09. The van der Waals surface area contributed by atoms with Crippen molar-refractivity contribution in [3.05, 3.63) is 95.3 Å². The monoisotopic (exact) mass is 345 g/mol. The maximum atomic E-state index is 12.5. The molecule has 1 aromatic heterocycles. The quantitative estimate of drug-likeness (QED) is 0.742. The Morgan fingerprint density at radius 3 is 2.50 bits per heavy atom. The molecule has 3 rings (SSSR count). The van der Waals surface area contributed by atoms with Crippen molar-refractivity contribution in [1.82, 2.24) is 10.3 Å². The van der Waals surface area contributed by atoms with Gasteiger partial charge in [0.15, 0.2) is 0 Å². The molecular formula is C21H19N3O2. The van der Waals surface area contributed by atoms with Crippen molar-refractivity contribution in [3.8, 4) is 0 Å². The second-order valence-corrected chi connectivity index (χ2v) is 5.87. The predicted molar refractivity (Wildman–Crippen MR) is 101 cm³/mol. The fourth-order valence-electron chi connectivity index (χ4n) is 2.54. The summed E-state index contributed by atoms with van der Waals surface area (Å²) in [4.78, 5) is 29.2. The molecule has 5 heteroatoms. The number of nitrogens with one attached hydrogen (secondary N) is 2. The Morgan fingerprint density at radius 1 is 0.923 bits per heavy atom. The molecule has 0 aliphatic carbocycles. The van der Waals surface area contributed by atoms with Gasteiger partial charge in [-0.25, -0.2) is 0 Å². The van der Waals surface area contributed by atoms with Crippen molar-refractivity contribution < 1.29 is 9.59 Å². The van der Waals surface area contributed by atoms with Crippen molar-refractivity contribution in [2.75, 3.05) is 5.32 Å². The van der Waals surface area contributed by atoms with Gasteiger partial charge < -0.3 is 10.6 Å². The summed E-state index contributed by atoms with van der Waals surface area (Å²) in [6, 6.07) is 19.8. The van der Waals surface area contributed by atoms with Crippen LogP contribution < -0.4 is 10.6 Å². The minimum absolute atomic E-state index is 0.251. The van der Waals surface area contributed by atoms with E-state index in [1.165, 1.54) is 0 Å². The first-order valence-corrected chi connectivity index (χ1v) is 8.28. The Labute approximate surface area is 152 Å². The molecule has 0 spiro atoms. The molecule has 0 radical (unpaired) electrons. The van der Waals surface area contributed by atoms with E-state index in [1.807, 2.05) is 37.3 Å². The van der Waals surface area contributed by atoms with E-state index < -0.39 is 0 Å². The number of rotatable bonds is 5. The van der Waals surface area contributed by atoms with Crippen LogP contribution in [-0.2, 0) is 6.54 Å². The van der Waals surface area contributed by atoms with E-state index in [0.29, 0.717) is 23.4 Å². The summed E-state index contributed by atoms with van der Waals surface area (Å²) >= 11 is 0. The molecule has 0 fully saturated rings. The average Bonchev–Trinajstić information content (AvgIpc) is 2.67. The van der Waals surface area contributed by atoms with Crippen LogP contribution in [-0.4, -0.2) is 16.8 Å². The molecule has 1 heterocycles. The van der Waals surface area contributed by atoms with E-state index in [-0.39, 0.29) is 11.8 Å². The van der Waals surface area contributed by atoms with Crippen LogP contribution in [0.25, 0.3) is 0 Å². The third-order valence-electron chi connectivity index (χ3n) is 3.86. The number of hydrogen-bond acceptors (Lipinski definition) is 3. The molecule has 0 aliphatic heterocycles. The van der Waals surface area contributed by atoms with Gasteiger partial charge in [0.05, 0.1) is 23.5 Å². The van der Waals surface area contributed by atoms with Crippen LogP contribution in [0.1, 0.15) is 32.0 Å². The first kappa shape index (κ1) is 17.4. The normalized spacial score (nSPS) is 10.2. The van der Waals surface area contributed by atoms with E-state index in [0.717, 1.165) is 11.3 Å². The van der Waals surface area contributed by atoms with Gasteiger partial charge in [-0.05, 0) is 43.3 Å². The first-order chi connectivity index (χ1) is 12.6. The molecule has 0 bridgehead atoms. The number of hydrogen-bond donors (Lipinski definition) is 2. The number of nitrogens with zero attached hydrogens (tertiary/aromatic N) is 1. The van der Waals surface area contributed by atoms with Crippen LogP contribution in [0.15, 0.2) is 72.9 Å². The van der Waals surface area contributed by atoms with Crippen LogP contribution in [0.4, 0.5) is 5.69 Å². The summed E-state index contributed by atoms with van der Waals surface area (Å²) in [5.41, 5.74) is 3.19. The third-order valence-corrected chi connectivity index (χ3v) is 3.86. The second-order valence-electron chi connectivity index (χ2n) is 5.87. The largest absolute Gasteiger partial charge is 0.346 e. The number of anilines is 1. The summed E-state index contributed by atoms with van der Waals surface area (Å²) in [6.45, 7) is 2.25. The summed E-state index contributed by atoms with van der Waals surface area (Å²) in [6.07, 6.45) is 1.68. The fraction of sp³-hybridized carbons (Fsp3) is 0.0952. The molecular weight excluding hydrogens is 326 g/mol. The molecule has 2 aromatic carbocycles. The Hall–Kier alpha value is -3.47. The van der Waals surface area contributed by atoms with Gasteiger partial charge in [0.25, 0.3) is 11.8 Å². The smallest absolute Gasteiger partial charge is 0.255 e. The molecule has 5 nitrogen and oxygen atoms in total. The van der Waals surface area contributed by atoms with E-state index >= 15 is 0 Å². The molecule has 2 N–H and O–H groups in total. The highest BCUT2D eigenvalue weighted by Gasteiger charge is 2.14. The molecule has 0 unspecified atom stereocenters. The molecule has 3 aromatic rings. The van der Waals surface area contributed by atoms with Crippen molar-refractivity contribution >= 4 is 17.5 Å². The van der Waals surface area contributed by atoms with Crippen molar-refractivity contribution in [3.63, 3.8) is 0 Å². The fourth-order valence-corrected chi connectivity index (χ4v) is 2.54. The Balaban J connectivity index is 1.73. The van der Waals surface area contributed by atoms with E-state index in [4.69, 9.17) is 0 Å². The highest BCUT2D eigenvalue weighted by Crippen LogP contribution is 2.17. The minimum Gasteiger partial charge on any atom is -0.346 e. The lowest BCUT2D eigenvalue weighted by molar-refractivity contribution is 0.0951. The Bertz CT molecular complexity index is 923. The zero-order valence-electron chi connectivity index (χ0n) is 14.4. The number of carbonyl (C=O) groups excluding carboxylic acids is 2. The van der Waals surface area contributed by atoms with Gasteiger partial charge in [-0.2, -0.15) is 0 Å². The van der Waals surface area contributed by atoms with Crippen LogP contribution >= 0.6 is 0 Å². The highest BCUT2D eigenvalue weighted by atomic mass is 16.2. The van der Waals surface area contributed by atoms with Gasteiger partial charge in [0, 0.05) is 11.8 Å². The zero-order chi connectivity index (χ0) is 18.4. The number of aryl methyl sites for hydroxylation is 1. The average molecular weight is 345 g/mol. The van der Waals surface area contributed by atoms with Crippen LogP contribution in [0.2, 0.25) is 0 Å². The number of carbonyl (C=O) groups is 2. The Morgan fingerprint density at radius 2 is 1.73 bits per heavy atom. The van der Waals surface area contributed by atoms with E-state index in [2.05, 4.69) is 15.6 Å². The van der Waals surface area contributed by atoms with Crippen molar-refractivity contribution in [1.29, 1.82) is 0 Å². The summed E-state index contributed by atoms with van der Waals surface area (Å²) in [5.74, 6) is -0.519. The maximum Gasteiger partial charge on any atom is 0.255 e. The molecule has 130 valence electrons. The molecule has 0 aliphatic rings. The molecule has 0 saturated heterocycles. The molecule has 2 amide bonds. The van der Waals surface area contributed by atoms with Gasteiger partial charge >= 0.3 is 0 Å². The van der Waals surface area contributed by atoms with E-state index in [1.54, 1.807) is 42.6 Å². The summed E-state index contributed by atoms with van der Waals surface area (Å²) < 4.78 is 0. The van der Waals surface area contributed by atoms with Gasteiger partial charge in [-0.3, -0.25) is 14.6 Å². The SMILES string of the molecule is Cc1cccc(C(=O)Nc2ccccc2C(=O)NCc2ccccn2)c1. The van der Waals surface area contributed by atoms with Crippen molar-refractivity contribution in [2.45, 2.75) is 13.5 Å². The number of benzene rings is 2. The predicted octanol–water partition coefficient (Wildman–Crippen LogP) is 3.57. The molecule has 0 atom stereocenters. The third kappa shape index (κ3) is 4.33. The van der Waals surface area contributed by atoms with Gasteiger partial charge in [0.2, 0.25) is 0 Å². The lowest BCUT2D eigenvalue weighted by Crippen LogP contribution is -2.25. The summed E-state index contributed by atoms with van der Waals surface area (Å²) in [5, 5.41) is 5.64. The summed E-state index contributed by atoms with van der Waals surface area (Å²) in [7, 11) is 0. The first-order valence-electron chi connectivity index (χ1n) is 8.28.